The summed E-state index contributed by atoms with van der Waals surface area (Å²) >= 11 is 0. The molecule has 2 heterocycles. The van der Waals surface area contributed by atoms with Crippen LogP contribution in [-0.4, -0.2) is 56.8 Å². The molecule has 1 aromatic rings. The van der Waals surface area contributed by atoms with Crippen LogP contribution in [0.4, 0.5) is 0 Å². The zero-order valence-corrected chi connectivity index (χ0v) is 12.4. The maximum absolute atomic E-state index is 12.7. The molecular weight excluding hydrogens is 268 g/mol. The fourth-order valence-corrected chi connectivity index (χ4v) is 2.93. The molecule has 0 spiro atoms. The highest BCUT2D eigenvalue weighted by Gasteiger charge is 2.30. The summed E-state index contributed by atoms with van der Waals surface area (Å²) in [7, 11) is 1.82. The van der Waals surface area contributed by atoms with E-state index < -0.39 is 6.10 Å². The van der Waals surface area contributed by atoms with Gasteiger partial charge in [0.25, 0.3) is 5.91 Å². The van der Waals surface area contributed by atoms with Crippen LogP contribution in [0.5, 0.6) is 0 Å². The lowest BCUT2D eigenvalue weighted by molar-refractivity contribution is -0.145. The molecule has 21 heavy (non-hydrogen) atoms. The number of carbonyl (C=O) groups is 1. The molecule has 0 bridgehead atoms. The highest BCUT2D eigenvalue weighted by atomic mass is 16.5. The molecule has 1 amide bonds. The number of morpholine rings is 1. The number of amides is 1. The van der Waals surface area contributed by atoms with Gasteiger partial charge in [-0.2, -0.15) is 0 Å². The van der Waals surface area contributed by atoms with Gasteiger partial charge in [-0.3, -0.25) is 4.79 Å². The second kappa shape index (κ2) is 6.56. The standard InChI is InChI=1S/C16H22N2O3/c1-18(11-13-10-17-7-9-20-13)16(19)15-14-5-3-2-4-12(14)6-8-21-15/h2-5,13,15,17H,6-11H2,1H3. The van der Waals surface area contributed by atoms with Crippen LogP contribution in [0.3, 0.4) is 0 Å². The predicted molar refractivity (Wildman–Crippen MR) is 79.1 cm³/mol. The molecule has 0 saturated carbocycles. The third-order valence-electron chi connectivity index (χ3n) is 4.08. The van der Waals surface area contributed by atoms with Gasteiger partial charge in [0, 0.05) is 26.7 Å². The average molecular weight is 290 g/mol. The lowest BCUT2D eigenvalue weighted by atomic mass is 9.97. The Bertz CT molecular complexity index is 500. The molecule has 3 rings (SSSR count). The summed E-state index contributed by atoms with van der Waals surface area (Å²) in [6.07, 6.45) is 0.460. The number of fused-ring (bicyclic) bond motifs is 1. The van der Waals surface area contributed by atoms with Gasteiger partial charge in [0.15, 0.2) is 6.10 Å². The smallest absolute Gasteiger partial charge is 0.256 e. The van der Waals surface area contributed by atoms with Crippen molar-refractivity contribution in [1.29, 1.82) is 0 Å². The lowest BCUT2D eigenvalue weighted by Crippen LogP contribution is -2.47. The van der Waals surface area contributed by atoms with Crippen molar-refractivity contribution in [1.82, 2.24) is 10.2 Å². The molecule has 1 saturated heterocycles. The van der Waals surface area contributed by atoms with Crippen LogP contribution in [0, 0.1) is 0 Å². The largest absolute Gasteiger partial charge is 0.374 e. The van der Waals surface area contributed by atoms with E-state index in [1.807, 2.05) is 25.2 Å². The number of ether oxygens (including phenoxy) is 2. The van der Waals surface area contributed by atoms with Gasteiger partial charge in [0.05, 0.1) is 19.3 Å². The van der Waals surface area contributed by atoms with E-state index in [0.717, 1.165) is 25.1 Å². The molecule has 2 aliphatic heterocycles. The van der Waals surface area contributed by atoms with Gasteiger partial charge in [-0.1, -0.05) is 24.3 Å². The van der Waals surface area contributed by atoms with E-state index in [1.54, 1.807) is 4.90 Å². The minimum atomic E-state index is -0.475. The third-order valence-corrected chi connectivity index (χ3v) is 4.08. The topological polar surface area (TPSA) is 50.8 Å². The minimum Gasteiger partial charge on any atom is -0.374 e. The molecule has 114 valence electrons. The zero-order chi connectivity index (χ0) is 14.7. The molecule has 0 aromatic heterocycles. The van der Waals surface area contributed by atoms with Crippen LogP contribution < -0.4 is 5.32 Å². The number of likely N-dealkylation sites (N-methyl/N-ethyl adjacent to an activating group) is 1. The van der Waals surface area contributed by atoms with Crippen LogP contribution >= 0.6 is 0 Å². The molecular formula is C16H22N2O3. The maximum atomic E-state index is 12.7. The Kier molecular flexibility index (Phi) is 4.53. The molecule has 2 unspecified atom stereocenters. The van der Waals surface area contributed by atoms with Gasteiger partial charge in [-0.25, -0.2) is 0 Å². The summed E-state index contributed by atoms with van der Waals surface area (Å²) < 4.78 is 11.4. The zero-order valence-electron chi connectivity index (χ0n) is 12.4. The summed E-state index contributed by atoms with van der Waals surface area (Å²) in [5, 5.41) is 3.28. The lowest BCUT2D eigenvalue weighted by Gasteiger charge is -2.32. The van der Waals surface area contributed by atoms with Crippen LogP contribution in [0.2, 0.25) is 0 Å². The number of rotatable bonds is 3. The van der Waals surface area contributed by atoms with E-state index in [-0.39, 0.29) is 12.0 Å². The van der Waals surface area contributed by atoms with Crippen molar-refractivity contribution < 1.29 is 14.3 Å². The van der Waals surface area contributed by atoms with Crippen molar-refractivity contribution >= 4 is 5.91 Å². The summed E-state index contributed by atoms with van der Waals surface area (Å²) in [5.41, 5.74) is 2.22. The number of nitrogens with one attached hydrogen (secondary N) is 1. The van der Waals surface area contributed by atoms with E-state index in [1.165, 1.54) is 5.56 Å². The quantitative estimate of drug-likeness (QED) is 0.892. The van der Waals surface area contributed by atoms with Gasteiger partial charge in [0.1, 0.15) is 0 Å². The Balaban J connectivity index is 1.67. The summed E-state index contributed by atoms with van der Waals surface area (Å²) in [4.78, 5) is 14.4. The molecule has 0 aliphatic carbocycles. The van der Waals surface area contributed by atoms with E-state index in [2.05, 4.69) is 11.4 Å². The Hall–Kier alpha value is -1.43. The third kappa shape index (κ3) is 3.26. The van der Waals surface area contributed by atoms with E-state index in [9.17, 15) is 4.79 Å². The minimum absolute atomic E-state index is 0.0105. The molecule has 5 heteroatoms. The van der Waals surface area contributed by atoms with E-state index >= 15 is 0 Å². The summed E-state index contributed by atoms with van der Waals surface area (Å²) in [6, 6.07) is 8.04. The van der Waals surface area contributed by atoms with E-state index in [4.69, 9.17) is 9.47 Å². The Morgan fingerprint density at radius 1 is 1.33 bits per heavy atom. The van der Waals surface area contributed by atoms with Gasteiger partial charge >= 0.3 is 0 Å². The molecule has 0 radical (unpaired) electrons. The Morgan fingerprint density at radius 3 is 3.00 bits per heavy atom. The SMILES string of the molecule is CN(CC1CNCCO1)C(=O)C1OCCc2ccccc21. The highest BCUT2D eigenvalue weighted by Crippen LogP contribution is 2.28. The molecule has 1 fully saturated rings. The van der Waals surface area contributed by atoms with Crippen LogP contribution in [-0.2, 0) is 20.7 Å². The number of carbonyl (C=O) groups excluding carboxylic acids is 1. The van der Waals surface area contributed by atoms with Gasteiger partial charge in [-0.05, 0) is 17.5 Å². The van der Waals surface area contributed by atoms with Gasteiger partial charge < -0.3 is 19.7 Å². The first-order valence-electron chi connectivity index (χ1n) is 7.52. The first-order chi connectivity index (χ1) is 10.3. The first-order valence-corrected chi connectivity index (χ1v) is 7.52. The normalized spacial score (nSPS) is 25.2. The van der Waals surface area contributed by atoms with Crippen molar-refractivity contribution in [2.24, 2.45) is 0 Å². The Labute approximate surface area is 125 Å². The van der Waals surface area contributed by atoms with Gasteiger partial charge in [-0.15, -0.1) is 0 Å². The van der Waals surface area contributed by atoms with Crippen molar-refractivity contribution in [2.75, 3.05) is 39.9 Å². The van der Waals surface area contributed by atoms with Crippen molar-refractivity contribution in [2.45, 2.75) is 18.6 Å². The second-order valence-corrected chi connectivity index (χ2v) is 5.62. The molecule has 2 aliphatic rings. The fourth-order valence-electron chi connectivity index (χ4n) is 2.93. The average Bonchev–Trinajstić information content (AvgIpc) is 2.54. The maximum Gasteiger partial charge on any atom is 0.256 e. The fraction of sp³-hybridized carbons (Fsp3) is 0.562. The molecule has 1 aromatic carbocycles. The number of hydrogen-bond donors (Lipinski definition) is 1. The summed E-state index contributed by atoms with van der Waals surface area (Å²) in [5.74, 6) is 0.0105. The second-order valence-electron chi connectivity index (χ2n) is 5.62. The Morgan fingerprint density at radius 2 is 2.19 bits per heavy atom. The van der Waals surface area contributed by atoms with Crippen LogP contribution in [0.25, 0.3) is 0 Å². The van der Waals surface area contributed by atoms with Crippen LogP contribution in [0.1, 0.15) is 17.2 Å². The molecule has 5 nitrogen and oxygen atoms in total. The highest BCUT2D eigenvalue weighted by molar-refractivity contribution is 5.82. The molecule has 1 N–H and O–H groups in total. The van der Waals surface area contributed by atoms with Gasteiger partial charge in [0.2, 0.25) is 0 Å². The van der Waals surface area contributed by atoms with E-state index in [0.29, 0.717) is 19.8 Å². The number of nitrogens with zero attached hydrogens (tertiary/aromatic N) is 1. The summed E-state index contributed by atoms with van der Waals surface area (Å²) in [6.45, 7) is 3.57. The van der Waals surface area contributed by atoms with Crippen molar-refractivity contribution in [3.63, 3.8) is 0 Å². The van der Waals surface area contributed by atoms with Crippen molar-refractivity contribution in [3.05, 3.63) is 35.4 Å². The predicted octanol–water partition coefficient (Wildman–Crippen LogP) is 0.747. The number of hydrogen-bond acceptors (Lipinski definition) is 4. The molecule has 2 atom stereocenters. The van der Waals surface area contributed by atoms with Crippen LogP contribution in [0.15, 0.2) is 24.3 Å². The number of benzene rings is 1. The monoisotopic (exact) mass is 290 g/mol. The van der Waals surface area contributed by atoms with Crippen molar-refractivity contribution in [3.8, 4) is 0 Å². The first kappa shape index (κ1) is 14.5.